The third-order valence-corrected chi connectivity index (χ3v) is 3.32. The van der Waals surface area contributed by atoms with Gasteiger partial charge in [0.2, 0.25) is 5.91 Å². The zero-order valence-electron chi connectivity index (χ0n) is 11.0. The van der Waals surface area contributed by atoms with Crippen LogP contribution in [0, 0.1) is 11.3 Å². The number of nitrogens with one attached hydrogen (secondary N) is 1. The molecule has 1 rings (SSSR count). The first-order valence-corrected chi connectivity index (χ1v) is 6.30. The van der Waals surface area contributed by atoms with E-state index in [4.69, 9.17) is 5.11 Å². The van der Waals surface area contributed by atoms with E-state index in [-0.39, 0.29) is 30.2 Å². The highest BCUT2D eigenvalue weighted by Gasteiger charge is 2.32. The molecule has 17 heavy (non-hydrogen) atoms. The van der Waals surface area contributed by atoms with Crippen LogP contribution < -0.4 is 5.32 Å². The van der Waals surface area contributed by atoms with Gasteiger partial charge in [0.15, 0.2) is 0 Å². The van der Waals surface area contributed by atoms with E-state index >= 15 is 0 Å². The lowest BCUT2D eigenvalue weighted by atomic mass is 9.70. The zero-order valence-corrected chi connectivity index (χ0v) is 11.0. The Balaban J connectivity index is 2.40. The van der Waals surface area contributed by atoms with Crippen molar-refractivity contribution in [2.75, 3.05) is 0 Å². The van der Waals surface area contributed by atoms with Gasteiger partial charge in [-0.05, 0) is 30.6 Å². The van der Waals surface area contributed by atoms with Crippen molar-refractivity contribution < 1.29 is 14.7 Å². The Hall–Kier alpha value is -1.06. The van der Waals surface area contributed by atoms with Crippen molar-refractivity contribution in [3.63, 3.8) is 0 Å². The van der Waals surface area contributed by atoms with Crippen molar-refractivity contribution in [1.82, 2.24) is 5.32 Å². The van der Waals surface area contributed by atoms with Gasteiger partial charge in [-0.2, -0.15) is 0 Å². The van der Waals surface area contributed by atoms with E-state index in [2.05, 4.69) is 26.1 Å². The Morgan fingerprint density at radius 3 is 2.47 bits per heavy atom. The fraction of sp³-hybridized carbons (Fsp3) is 0.846. The van der Waals surface area contributed by atoms with Crippen molar-refractivity contribution in [2.45, 2.75) is 58.9 Å². The summed E-state index contributed by atoms with van der Waals surface area (Å²) in [6.45, 7) is 6.65. The number of aliphatic carboxylic acids is 1. The fourth-order valence-corrected chi connectivity index (χ4v) is 2.98. The number of carboxylic acids is 1. The largest absolute Gasteiger partial charge is 0.481 e. The van der Waals surface area contributed by atoms with Gasteiger partial charge in [-0.1, -0.05) is 20.8 Å². The van der Waals surface area contributed by atoms with Gasteiger partial charge >= 0.3 is 5.97 Å². The number of carbonyl (C=O) groups is 2. The molecule has 0 aromatic rings. The Labute approximate surface area is 103 Å². The molecule has 4 heteroatoms. The number of carbonyl (C=O) groups excluding carboxylic acids is 1. The van der Waals surface area contributed by atoms with Gasteiger partial charge in [0, 0.05) is 12.5 Å². The van der Waals surface area contributed by atoms with E-state index in [1.807, 2.05) is 0 Å². The minimum atomic E-state index is -0.919. The van der Waals surface area contributed by atoms with Gasteiger partial charge < -0.3 is 10.4 Å². The van der Waals surface area contributed by atoms with Crippen molar-refractivity contribution in [2.24, 2.45) is 11.3 Å². The number of amides is 1. The first-order chi connectivity index (χ1) is 7.78. The van der Waals surface area contributed by atoms with Gasteiger partial charge in [-0.3, -0.25) is 9.59 Å². The number of hydrogen-bond donors (Lipinski definition) is 2. The molecule has 0 spiro atoms. The van der Waals surface area contributed by atoms with Crippen molar-refractivity contribution in [3.05, 3.63) is 0 Å². The van der Waals surface area contributed by atoms with E-state index in [0.717, 1.165) is 12.8 Å². The van der Waals surface area contributed by atoms with Crippen LogP contribution in [0.5, 0.6) is 0 Å². The Bertz CT molecular complexity index is 299. The summed E-state index contributed by atoms with van der Waals surface area (Å²) in [5.41, 5.74) is 0.266. The Kier molecular flexibility index (Phi) is 4.54. The minimum absolute atomic E-state index is 0.0840. The van der Waals surface area contributed by atoms with Crippen LogP contribution >= 0.6 is 0 Å². The second kappa shape index (κ2) is 5.52. The van der Waals surface area contributed by atoms with Gasteiger partial charge in [-0.15, -0.1) is 0 Å². The van der Waals surface area contributed by atoms with Crippen LogP contribution in [0.1, 0.15) is 52.9 Å². The third kappa shape index (κ3) is 5.20. The molecule has 0 bridgehead atoms. The highest BCUT2D eigenvalue weighted by atomic mass is 16.4. The van der Waals surface area contributed by atoms with Crippen LogP contribution in [0.15, 0.2) is 0 Å². The lowest BCUT2D eigenvalue weighted by Crippen LogP contribution is -2.43. The van der Waals surface area contributed by atoms with Crippen molar-refractivity contribution >= 4 is 11.9 Å². The molecule has 0 aromatic heterocycles. The molecular formula is C13H23NO3. The smallest absolute Gasteiger partial charge is 0.303 e. The average molecular weight is 241 g/mol. The second-order valence-corrected chi connectivity index (χ2v) is 6.07. The van der Waals surface area contributed by atoms with Gasteiger partial charge in [0.1, 0.15) is 0 Å². The monoisotopic (exact) mass is 241 g/mol. The first kappa shape index (κ1) is 14.0. The molecule has 1 saturated carbocycles. The van der Waals surface area contributed by atoms with Crippen molar-refractivity contribution in [1.29, 1.82) is 0 Å². The summed E-state index contributed by atoms with van der Waals surface area (Å²) in [4.78, 5) is 21.9. The lowest BCUT2D eigenvalue weighted by Gasteiger charge is -2.39. The molecule has 0 aliphatic heterocycles. The van der Waals surface area contributed by atoms with Crippen LogP contribution in [-0.2, 0) is 9.59 Å². The van der Waals surface area contributed by atoms with E-state index < -0.39 is 5.97 Å². The lowest BCUT2D eigenvalue weighted by molar-refractivity contribution is -0.139. The fourth-order valence-electron chi connectivity index (χ4n) is 2.98. The molecule has 1 aliphatic rings. The Morgan fingerprint density at radius 1 is 1.29 bits per heavy atom. The predicted octanol–water partition coefficient (Wildman–Crippen LogP) is 2.18. The van der Waals surface area contributed by atoms with E-state index in [9.17, 15) is 9.59 Å². The molecule has 0 saturated heterocycles. The van der Waals surface area contributed by atoms with Crippen LogP contribution in [0.2, 0.25) is 0 Å². The maximum absolute atomic E-state index is 11.6. The summed E-state index contributed by atoms with van der Waals surface area (Å²) < 4.78 is 0. The van der Waals surface area contributed by atoms with Gasteiger partial charge in [0.25, 0.3) is 0 Å². The van der Waals surface area contributed by atoms with Crippen LogP contribution in [0.3, 0.4) is 0 Å². The molecule has 0 heterocycles. The molecule has 0 aromatic carbocycles. The molecular weight excluding hydrogens is 218 g/mol. The van der Waals surface area contributed by atoms with Crippen molar-refractivity contribution in [3.8, 4) is 0 Å². The zero-order chi connectivity index (χ0) is 13.1. The van der Waals surface area contributed by atoms with Crippen LogP contribution in [0.4, 0.5) is 0 Å². The molecule has 2 atom stereocenters. The number of rotatable bonds is 4. The standard InChI is InChI=1S/C13H23NO3/c1-9-6-10(8-13(2,3)7-9)14-11(15)4-5-12(16)17/h9-10H,4-8H2,1-3H3,(H,14,15)(H,16,17)/t9-,10-/m1/s1. The summed E-state index contributed by atoms with van der Waals surface area (Å²) in [7, 11) is 0. The minimum Gasteiger partial charge on any atom is -0.481 e. The van der Waals surface area contributed by atoms with Gasteiger partial charge in [-0.25, -0.2) is 0 Å². The molecule has 0 radical (unpaired) electrons. The normalized spacial score (nSPS) is 27.5. The molecule has 1 amide bonds. The van der Waals surface area contributed by atoms with Crippen LogP contribution in [0.25, 0.3) is 0 Å². The van der Waals surface area contributed by atoms with E-state index in [1.165, 1.54) is 6.42 Å². The van der Waals surface area contributed by atoms with Gasteiger partial charge in [0.05, 0.1) is 6.42 Å². The van der Waals surface area contributed by atoms with Crippen LogP contribution in [-0.4, -0.2) is 23.0 Å². The summed E-state index contributed by atoms with van der Waals surface area (Å²) >= 11 is 0. The third-order valence-electron chi connectivity index (χ3n) is 3.32. The summed E-state index contributed by atoms with van der Waals surface area (Å²) in [6, 6.07) is 0.204. The molecule has 2 N–H and O–H groups in total. The van der Waals surface area contributed by atoms with E-state index in [1.54, 1.807) is 0 Å². The average Bonchev–Trinajstić information content (AvgIpc) is 2.11. The number of carboxylic acid groups (broad SMARTS) is 1. The highest BCUT2D eigenvalue weighted by molar-refractivity contribution is 5.80. The summed E-state index contributed by atoms with van der Waals surface area (Å²) in [6.07, 6.45) is 3.17. The maximum atomic E-state index is 11.6. The summed E-state index contributed by atoms with van der Waals surface area (Å²) in [5, 5.41) is 11.5. The molecule has 4 nitrogen and oxygen atoms in total. The maximum Gasteiger partial charge on any atom is 0.303 e. The molecule has 1 aliphatic carbocycles. The second-order valence-electron chi connectivity index (χ2n) is 6.07. The molecule has 0 unspecified atom stereocenters. The molecule has 1 fully saturated rings. The number of hydrogen-bond acceptors (Lipinski definition) is 2. The van der Waals surface area contributed by atoms with E-state index in [0.29, 0.717) is 5.92 Å². The quantitative estimate of drug-likeness (QED) is 0.792. The SMILES string of the molecule is C[C@@H]1C[C@@H](NC(=O)CCC(=O)O)CC(C)(C)C1. The first-order valence-electron chi connectivity index (χ1n) is 6.30. The predicted molar refractivity (Wildman–Crippen MR) is 65.6 cm³/mol. The Morgan fingerprint density at radius 2 is 1.94 bits per heavy atom. The summed E-state index contributed by atoms with van der Waals surface area (Å²) in [5.74, 6) is -0.441. The molecule has 98 valence electrons. The topological polar surface area (TPSA) is 66.4 Å². The highest BCUT2D eigenvalue weighted by Crippen LogP contribution is 2.38.